The maximum Gasteiger partial charge on any atom is 0.271 e. The number of halogens is 1. The van der Waals surface area contributed by atoms with Gasteiger partial charge in [-0.3, -0.25) is 14.3 Å². The summed E-state index contributed by atoms with van der Waals surface area (Å²) < 4.78 is 5.80. The number of nitrogens with zero attached hydrogens (tertiary/aromatic N) is 4. The highest BCUT2D eigenvalue weighted by atomic mass is 79.9. The summed E-state index contributed by atoms with van der Waals surface area (Å²) in [7, 11) is 0. The molecule has 7 rings (SSSR count). The molecule has 3 aromatic heterocycles. The molecule has 2 aliphatic rings. The first kappa shape index (κ1) is 24.2. The van der Waals surface area contributed by atoms with Crippen LogP contribution in [-0.2, 0) is 6.42 Å². The lowest BCUT2D eigenvalue weighted by atomic mass is 9.83. The monoisotopic (exact) mass is 592 g/mol. The van der Waals surface area contributed by atoms with Crippen LogP contribution in [0.4, 0.5) is 0 Å². The first-order chi connectivity index (χ1) is 19.0. The number of aromatic nitrogens is 3. The van der Waals surface area contributed by atoms with Crippen LogP contribution in [0.5, 0.6) is 0 Å². The van der Waals surface area contributed by atoms with E-state index in [1.807, 2.05) is 29.0 Å². The highest BCUT2D eigenvalue weighted by Crippen LogP contribution is 2.41. The molecule has 0 unspecified atom stereocenters. The summed E-state index contributed by atoms with van der Waals surface area (Å²) in [5.74, 6) is 0. The van der Waals surface area contributed by atoms with E-state index < -0.39 is 0 Å². The fourth-order valence-corrected chi connectivity index (χ4v) is 7.18. The van der Waals surface area contributed by atoms with E-state index in [1.165, 1.54) is 28.0 Å². The molecule has 1 aliphatic carbocycles. The van der Waals surface area contributed by atoms with Gasteiger partial charge in [0.15, 0.2) is 4.80 Å². The van der Waals surface area contributed by atoms with E-state index >= 15 is 0 Å². The fourth-order valence-electron chi connectivity index (χ4n) is 5.93. The van der Waals surface area contributed by atoms with E-state index in [1.54, 1.807) is 6.20 Å². The van der Waals surface area contributed by atoms with Crippen LogP contribution < -0.4 is 14.9 Å². The number of allylic oxidation sites excluding steroid dienone is 1. The number of aryl methyl sites for hydroxylation is 2. The Morgan fingerprint density at radius 3 is 2.64 bits per heavy atom. The van der Waals surface area contributed by atoms with Crippen LogP contribution in [0.25, 0.3) is 17.5 Å². The van der Waals surface area contributed by atoms with Gasteiger partial charge in [-0.25, -0.2) is 4.99 Å². The topological polar surface area (TPSA) is 52.2 Å². The Morgan fingerprint density at radius 1 is 1.03 bits per heavy atom. The molecule has 5 aromatic rings. The number of pyridine rings is 1. The average Bonchev–Trinajstić information content (AvgIpc) is 3.42. The highest BCUT2D eigenvalue weighted by Gasteiger charge is 2.32. The van der Waals surface area contributed by atoms with Crippen molar-refractivity contribution in [3.63, 3.8) is 0 Å². The van der Waals surface area contributed by atoms with Gasteiger partial charge in [0.25, 0.3) is 5.56 Å². The largest absolute Gasteiger partial charge is 0.316 e. The lowest BCUT2D eigenvalue weighted by Gasteiger charge is -2.30. The summed E-state index contributed by atoms with van der Waals surface area (Å²) in [6.45, 7) is 4.17. The fraction of sp³-hybridized carbons (Fsp3) is 0.156. The summed E-state index contributed by atoms with van der Waals surface area (Å²) in [6, 6.07) is 22.8. The maximum atomic E-state index is 14.1. The molecule has 0 spiro atoms. The molecule has 192 valence electrons. The van der Waals surface area contributed by atoms with Crippen LogP contribution >= 0.6 is 27.3 Å². The minimum absolute atomic E-state index is 0.00302. The third-order valence-electron chi connectivity index (χ3n) is 7.72. The van der Waals surface area contributed by atoms with E-state index in [-0.39, 0.29) is 11.6 Å². The van der Waals surface area contributed by atoms with Gasteiger partial charge >= 0.3 is 0 Å². The van der Waals surface area contributed by atoms with Gasteiger partial charge in [-0.15, -0.1) is 0 Å². The van der Waals surface area contributed by atoms with Crippen molar-refractivity contribution in [2.75, 3.05) is 0 Å². The zero-order valence-corrected chi connectivity index (χ0v) is 24.0. The molecular formula is C32H25BrN4OS. The maximum absolute atomic E-state index is 14.1. The van der Waals surface area contributed by atoms with Crippen LogP contribution in [0.2, 0.25) is 0 Å². The van der Waals surface area contributed by atoms with Crippen LogP contribution in [0.1, 0.15) is 46.1 Å². The van der Waals surface area contributed by atoms with Crippen LogP contribution in [0.3, 0.4) is 0 Å². The molecule has 5 nitrogen and oxygen atoms in total. The second-order valence-electron chi connectivity index (χ2n) is 10.0. The number of fused-ring (bicyclic) bond motifs is 3. The molecule has 0 amide bonds. The molecule has 39 heavy (non-hydrogen) atoms. The van der Waals surface area contributed by atoms with Gasteiger partial charge in [0.05, 0.1) is 28.2 Å². The SMILES string of the molecule is Cc1cc(/C=c2\sc3n(c2=O)[C@@H](c2ccc(Br)cc2)C2=C(N=3)c3ccccc3CC2)c(C)n1-c1cccnc1. The second-order valence-corrected chi connectivity index (χ2v) is 12.0. The van der Waals surface area contributed by atoms with Gasteiger partial charge < -0.3 is 4.57 Å². The Bertz CT molecular complexity index is 1960. The minimum atomic E-state index is -0.178. The number of thiazole rings is 1. The van der Waals surface area contributed by atoms with Gasteiger partial charge in [-0.1, -0.05) is 63.7 Å². The minimum Gasteiger partial charge on any atom is -0.316 e. The molecule has 0 saturated carbocycles. The highest BCUT2D eigenvalue weighted by molar-refractivity contribution is 9.10. The number of rotatable bonds is 3. The van der Waals surface area contributed by atoms with Gasteiger partial charge in [-0.05, 0) is 85.4 Å². The molecule has 2 aromatic carbocycles. The van der Waals surface area contributed by atoms with Crippen molar-refractivity contribution in [1.82, 2.24) is 14.1 Å². The summed E-state index contributed by atoms with van der Waals surface area (Å²) in [5.41, 5.74) is 10.0. The first-order valence-corrected chi connectivity index (χ1v) is 14.6. The van der Waals surface area contributed by atoms with Crippen molar-refractivity contribution in [3.8, 4) is 5.69 Å². The van der Waals surface area contributed by atoms with E-state index in [0.717, 1.165) is 56.0 Å². The molecule has 4 heterocycles. The van der Waals surface area contributed by atoms with Crippen molar-refractivity contribution >= 4 is 39.0 Å². The zero-order valence-electron chi connectivity index (χ0n) is 21.6. The lowest BCUT2D eigenvalue weighted by molar-refractivity contribution is 0.585. The second kappa shape index (κ2) is 9.43. The van der Waals surface area contributed by atoms with Crippen LogP contribution in [0.15, 0.2) is 99.0 Å². The summed E-state index contributed by atoms with van der Waals surface area (Å²) in [4.78, 5) is 24.3. The molecule has 0 N–H and O–H groups in total. The van der Waals surface area contributed by atoms with Crippen molar-refractivity contribution < 1.29 is 0 Å². The number of hydrogen-bond donors (Lipinski definition) is 0. The van der Waals surface area contributed by atoms with Crippen LogP contribution in [-0.4, -0.2) is 14.1 Å². The van der Waals surface area contributed by atoms with E-state index in [0.29, 0.717) is 4.53 Å². The molecule has 1 atom stereocenters. The summed E-state index contributed by atoms with van der Waals surface area (Å²) in [6.07, 6.45) is 7.49. The van der Waals surface area contributed by atoms with E-state index in [2.05, 4.69) is 93.9 Å². The van der Waals surface area contributed by atoms with Gasteiger partial charge in [-0.2, -0.15) is 0 Å². The predicted octanol–water partition coefficient (Wildman–Crippen LogP) is 5.88. The van der Waals surface area contributed by atoms with Gasteiger partial charge in [0.1, 0.15) is 0 Å². The Labute approximate surface area is 238 Å². The first-order valence-electron chi connectivity index (χ1n) is 13.0. The lowest BCUT2D eigenvalue weighted by Crippen LogP contribution is -2.38. The molecule has 0 saturated heterocycles. The van der Waals surface area contributed by atoms with E-state index in [9.17, 15) is 4.79 Å². The van der Waals surface area contributed by atoms with E-state index in [4.69, 9.17) is 4.99 Å². The van der Waals surface area contributed by atoms with Crippen molar-refractivity contribution in [3.05, 3.63) is 142 Å². The van der Waals surface area contributed by atoms with Gasteiger partial charge in [0, 0.05) is 27.6 Å². The number of hydrogen-bond acceptors (Lipinski definition) is 4. The quantitative estimate of drug-likeness (QED) is 0.262. The average molecular weight is 594 g/mol. The van der Waals surface area contributed by atoms with Crippen LogP contribution in [0, 0.1) is 13.8 Å². The molecule has 1 aliphatic heterocycles. The molecule has 0 fully saturated rings. The molecular weight excluding hydrogens is 568 g/mol. The third-order valence-corrected chi connectivity index (χ3v) is 9.23. The van der Waals surface area contributed by atoms with Crippen molar-refractivity contribution in [1.29, 1.82) is 0 Å². The zero-order chi connectivity index (χ0) is 26.7. The third kappa shape index (κ3) is 3.99. The normalized spacial score (nSPS) is 16.5. The smallest absolute Gasteiger partial charge is 0.271 e. The number of benzene rings is 2. The predicted molar refractivity (Wildman–Crippen MR) is 160 cm³/mol. The Balaban J connectivity index is 1.45. The Morgan fingerprint density at radius 2 is 1.85 bits per heavy atom. The summed E-state index contributed by atoms with van der Waals surface area (Å²) in [5, 5.41) is 0. The van der Waals surface area contributed by atoms with Crippen molar-refractivity contribution in [2.45, 2.75) is 32.7 Å². The standard InChI is InChI=1S/C32H25BrN4OS/c1-19-16-23(20(2)36(19)25-7-5-15-34-18-25)17-28-31(38)37-30(22-9-12-24(33)13-10-22)27-14-11-21-6-3-4-8-26(21)29(27)35-32(37)39-28/h3-10,12-13,15-18,30H,11,14H2,1-2H3/b28-17-/t30-/m0/s1. The molecule has 7 heteroatoms. The Kier molecular flexibility index (Phi) is 5.86. The van der Waals surface area contributed by atoms with Gasteiger partial charge in [0.2, 0.25) is 0 Å². The molecule has 0 bridgehead atoms. The Hall–Kier alpha value is -3.81. The molecule has 0 radical (unpaired) electrons. The van der Waals surface area contributed by atoms with Crippen molar-refractivity contribution in [2.24, 2.45) is 4.99 Å². The summed E-state index contributed by atoms with van der Waals surface area (Å²) >= 11 is 5.04.